The summed E-state index contributed by atoms with van der Waals surface area (Å²) < 4.78 is 0. The fourth-order valence-corrected chi connectivity index (χ4v) is 7.75. The molecule has 0 amide bonds. The van der Waals surface area contributed by atoms with Crippen LogP contribution >= 0.6 is 0 Å². The van der Waals surface area contributed by atoms with Crippen LogP contribution in [0.5, 0.6) is 0 Å². The molecule has 48 heavy (non-hydrogen) atoms. The molecule has 290 valence electrons. The first-order valence-electron chi connectivity index (χ1n) is 23.6. The molecule has 0 fully saturated rings. The van der Waals surface area contributed by atoms with E-state index >= 15 is 0 Å². The molecule has 0 rings (SSSR count). The lowest BCUT2D eigenvalue weighted by Gasteiger charge is -2.22. The van der Waals surface area contributed by atoms with Gasteiger partial charge in [-0.05, 0) is 38.9 Å². The van der Waals surface area contributed by atoms with Gasteiger partial charge in [-0.25, -0.2) is 0 Å². The fourth-order valence-electron chi connectivity index (χ4n) is 7.75. The lowest BCUT2D eigenvalue weighted by molar-refractivity contribution is 0.254. The summed E-state index contributed by atoms with van der Waals surface area (Å²) in [5.41, 5.74) is 0. The smallest absolute Gasteiger partial charge is 0.00187 e. The minimum absolute atomic E-state index is 1.37. The van der Waals surface area contributed by atoms with Crippen LogP contribution in [-0.2, 0) is 0 Å². The molecule has 0 saturated heterocycles. The molecule has 0 atom stereocenters. The number of hydrogen-bond acceptors (Lipinski definition) is 1. The first-order valence-corrected chi connectivity index (χ1v) is 23.6. The number of unbranched alkanes of at least 4 members (excludes halogenated alkanes) is 38. The van der Waals surface area contributed by atoms with Crippen molar-refractivity contribution in [3.63, 3.8) is 0 Å². The molecule has 0 saturated carbocycles. The Hall–Kier alpha value is -0.0400. The van der Waals surface area contributed by atoms with Crippen molar-refractivity contribution in [2.24, 2.45) is 0 Å². The molecule has 0 bridgehead atoms. The van der Waals surface area contributed by atoms with E-state index < -0.39 is 0 Å². The highest BCUT2D eigenvalue weighted by Gasteiger charge is 2.05. The Morgan fingerprint density at radius 2 is 0.292 bits per heavy atom. The van der Waals surface area contributed by atoms with Crippen molar-refractivity contribution in [2.75, 3.05) is 19.6 Å². The van der Waals surface area contributed by atoms with E-state index in [1.54, 1.807) is 0 Å². The van der Waals surface area contributed by atoms with Crippen LogP contribution in [0, 0.1) is 0 Å². The van der Waals surface area contributed by atoms with Crippen LogP contribution < -0.4 is 0 Å². The van der Waals surface area contributed by atoms with E-state index in [-0.39, 0.29) is 0 Å². The molecule has 0 aromatic heterocycles. The van der Waals surface area contributed by atoms with Crippen LogP contribution in [-0.4, -0.2) is 24.5 Å². The van der Waals surface area contributed by atoms with Crippen LogP contribution in [0.1, 0.15) is 284 Å². The molecule has 0 unspecified atom stereocenters. The molecule has 1 heteroatoms. The van der Waals surface area contributed by atoms with Gasteiger partial charge in [-0.3, -0.25) is 0 Å². The van der Waals surface area contributed by atoms with Gasteiger partial charge in [0.15, 0.2) is 0 Å². The zero-order valence-electron chi connectivity index (χ0n) is 34.6. The quantitative estimate of drug-likeness (QED) is 0.0581. The van der Waals surface area contributed by atoms with Gasteiger partial charge in [-0.1, -0.05) is 265 Å². The van der Waals surface area contributed by atoms with Gasteiger partial charge in [0.1, 0.15) is 0 Å². The highest BCUT2D eigenvalue weighted by Crippen LogP contribution is 2.16. The van der Waals surface area contributed by atoms with Gasteiger partial charge in [0.2, 0.25) is 0 Å². The first kappa shape index (κ1) is 48.0. The minimum atomic E-state index is 1.37. The summed E-state index contributed by atoms with van der Waals surface area (Å²) in [4.78, 5) is 2.87. The number of rotatable bonds is 44. The summed E-state index contributed by atoms with van der Waals surface area (Å²) in [7, 11) is 0. The molecule has 0 aliphatic heterocycles. The lowest BCUT2D eigenvalue weighted by atomic mass is 10.0. The monoisotopic (exact) mass is 676 g/mol. The molecule has 0 spiro atoms. The number of nitrogens with zero attached hydrogens (tertiary/aromatic N) is 1. The van der Waals surface area contributed by atoms with Crippen LogP contribution in [0.4, 0.5) is 0 Å². The summed E-state index contributed by atoms with van der Waals surface area (Å²) in [6, 6.07) is 0. The predicted molar refractivity (Wildman–Crippen MR) is 223 cm³/mol. The third-order valence-corrected chi connectivity index (χ3v) is 11.2. The van der Waals surface area contributed by atoms with Crippen LogP contribution in [0.2, 0.25) is 0 Å². The van der Waals surface area contributed by atoms with Crippen molar-refractivity contribution in [3.8, 4) is 0 Å². The fraction of sp³-hybridized carbons (Fsp3) is 1.00. The molecule has 0 aliphatic rings. The number of hydrogen-bond donors (Lipinski definition) is 0. The molecule has 0 aromatic carbocycles. The third kappa shape index (κ3) is 42.1. The Labute approximate surface area is 307 Å². The maximum atomic E-state index is 2.87. The summed E-state index contributed by atoms with van der Waals surface area (Å²) >= 11 is 0. The van der Waals surface area contributed by atoms with E-state index in [1.807, 2.05) is 0 Å². The van der Waals surface area contributed by atoms with Gasteiger partial charge >= 0.3 is 0 Å². The largest absolute Gasteiger partial charge is 0.303 e. The van der Waals surface area contributed by atoms with Crippen LogP contribution in [0.15, 0.2) is 0 Å². The van der Waals surface area contributed by atoms with Gasteiger partial charge in [-0.2, -0.15) is 0 Å². The third-order valence-electron chi connectivity index (χ3n) is 11.2. The first-order chi connectivity index (χ1) is 23.8. The summed E-state index contributed by atoms with van der Waals surface area (Å²) in [5, 5.41) is 0. The van der Waals surface area contributed by atoms with Gasteiger partial charge in [0, 0.05) is 0 Å². The van der Waals surface area contributed by atoms with Crippen LogP contribution in [0.25, 0.3) is 0 Å². The van der Waals surface area contributed by atoms with Crippen LogP contribution in [0.3, 0.4) is 0 Å². The van der Waals surface area contributed by atoms with E-state index in [0.717, 1.165) is 0 Å². The van der Waals surface area contributed by atoms with E-state index in [2.05, 4.69) is 25.7 Å². The second kappa shape index (κ2) is 45.0. The SMILES string of the molecule is CCCCCCCCCCCCCCCCN(CCCCCCCCCCCCCCC)CCCCCCCCCCCCCCCC. The Morgan fingerprint density at radius 3 is 0.438 bits per heavy atom. The molecular formula is C47H97N. The Morgan fingerprint density at radius 1 is 0.167 bits per heavy atom. The zero-order valence-corrected chi connectivity index (χ0v) is 34.6. The molecular weight excluding hydrogens is 579 g/mol. The highest BCUT2D eigenvalue weighted by atomic mass is 15.1. The van der Waals surface area contributed by atoms with Crippen molar-refractivity contribution in [2.45, 2.75) is 284 Å². The predicted octanol–water partition coefficient (Wildman–Crippen LogP) is 17.3. The van der Waals surface area contributed by atoms with Gasteiger partial charge in [-0.15, -0.1) is 0 Å². The van der Waals surface area contributed by atoms with Crippen molar-refractivity contribution in [3.05, 3.63) is 0 Å². The normalized spacial score (nSPS) is 11.8. The average Bonchev–Trinajstić information content (AvgIpc) is 3.10. The topological polar surface area (TPSA) is 3.24 Å². The van der Waals surface area contributed by atoms with Gasteiger partial charge in [0.05, 0.1) is 0 Å². The van der Waals surface area contributed by atoms with Crippen molar-refractivity contribution in [1.82, 2.24) is 4.90 Å². The lowest BCUT2D eigenvalue weighted by Crippen LogP contribution is -2.27. The molecule has 0 heterocycles. The van der Waals surface area contributed by atoms with Gasteiger partial charge < -0.3 is 4.90 Å². The Balaban J connectivity index is 3.92. The van der Waals surface area contributed by atoms with E-state index in [0.29, 0.717) is 0 Å². The molecule has 0 aromatic rings. The van der Waals surface area contributed by atoms with Gasteiger partial charge in [0.25, 0.3) is 0 Å². The Kier molecular flexibility index (Phi) is 44.9. The molecule has 1 nitrogen and oxygen atoms in total. The maximum absolute atomic E-state index is 2.87. The standard InChI is InChI=1S/C47H97N/c1-4-7-10-13-16-19-22-25-28-31-34-37-40-43-46-48(45-42-39-36-33-30-27-24-21-18-15-12-9-6-3)47-44-41-38-35-32-29-26-23-20-17-14-11-8-5-2/h4-47H2,1-3H3. The van der Waals surface area contributed by atoms with E-state index in [9.17, 15) is 0 Å². The van der Waals surface area contributed by atoms with E-state index in [4.69, 9.17) is 0 Å². The van der Waals surface area contributed by atoms with Crippen molar-refractivity contribution < 1.29 is 0 Å². The summed E-state index contributed by atoms with van der Waals surface area (Å²) in [5.74, 6) is 0. The average molecular weight is 676 g/mol. The second-order valence-electron chi connectivity index (χ2n) is 16.3. The molecule has 0 aliphatic carbocycles. The van der Waals surface area contributed by atoms with Crippen molar-refractivity contribution in [1.29, 1.82) is 0 Å². The van der Waals surface area contributed by atoms with Crippen molar-refractivity contribution >= 4 is 0 Å². The molecule has 0 N–H and O–H groups in total. The highest BCUT2D eigenvalue weighted by molar-refractivity contribution is 4.61. The minimum Gasteiger partial charge on any atom is -0.303 e. The summed E-state index contributed by atoms with van der Waals surface area (Å²) in [6.45, 7) is 11.1. The Bertz CT molecular complexity index is 497. The zero-order chi connectivity index (χ0) is 34.7. The molecule has 0 radical (unpaired) electrons. The second-order valence-corrected chi connectivity index (χ2v) is 16.3. The van der Waals surface area contributed by atoms with E-state index in [1.165, 1.54) is 283 Å². The summed E-state index contributed by atoms with van der Waals surface area (Å²) in [6.07, 6.45) is 60.1. The maximum Gasteiger partial charge on any atom is -0.00187 e.